The highest BCUT2D eigenvalue weighted by molar-refractivity contribution is 7.88. The van der Waals surface area contributed by atoms with E-state index in [0.29, 0.717) is 11.6 Å². The fourth-order valence-electron chi connectivity index (χ4n) is 2.55. The van der Waals surface area contributed by atoms with Gasteiger partial charge in [0.2, 0.25) is 10.0 Å². The molecule has 0 aliphatic heterocycles. The van der Waals surface area contributed by atoms with Crippen molar-refractivity contribution >= 4 is 10.0 Å². The number of para-hydroxylation sites is 1. The van der Waals surface area contributed by atoms with Crippen LogP contribution in [0, 0.1) is 0 Å². The van der Waals surface area contributed by atoms with E-state index in [4.69, 9.17) is 0 Å². The summed E-state index contributed by atoms with van der Waals surface area (Å²) in [7, 11) is -1.97. The molecule has 1 aliphatic carbocycles. The van der Waals surface area contributed by atoms with Gasteiger partial charge >= 0.3 is 6.18 Å². The number of aromatic nitrogens is 3. The third-order valence-electron chi connectivity index (χ3n) is 4.29. The maximum Gasteiger partial charge on any atom is 0.418 e. The van der Waals surface area contributed by atoms with Crippen LogP contribution < -0.4 is 0 Å². The first-order valence-corrected chi connectivity index (χ1v) is 9.96. The van der Waals surface area contributed by atoms with Crippen LogP contribution in [0.15, 0.2) is 24.3 Å². The van der Waals surface area contributed by atoms with Gasteiger partial charge in [-0.2, -0.15) is 18.3 Å². The summed E-state index contributed by atoms with van der Waals surface area (Å²) in [6.45, 7) is 0.107. The fraction of sp³-hybridized carbons (Fsp3) is 0.500. The quantitative estimate of drug-likeness (QED) is 0.763. The Bertz CT molecular complexity index is 904. The monoisotopic (exact) mass is 388 g/mol. The van der Waals surface area contributed by atoms with Gasteiger partial charge in [-0.15, -0.1) is 0 Å². The Morgan fingerprint density at radius 1 is 1.27 bits per heavy atom. The van der Waals surface area contributed by atoms with E-state index < -0.39 is 21.8 Å². The molecule has 1 aromatic carbocycles. The number of hydrogen-bond donors (Lipinski definition) is 0. The molecule has 0 N–H and O–H groups in total. The van der Waals surface area contributed by atoms with Crippen molar-refractivity contribution in [1.82, 2.24) is 19.1 Å². The van der Waals surface area contributed by atoms with Crippen LogP contribution in [0.25, 0.3) is 5.69 Å². The minimum Gasteiger partial charge on any atom is -0.217 e. The lowest BCUT2D eigenvalue weighted by Crippen LogP contribution is -2.28. The minimum atomic E-state index is -4.52. The van der Waals surface area contributed by atoms with Crippen LogP contribution >= 0.6 is 0 Å². The van der Waals surface area contributed by atoms with Crippen LogP contribution in [0.2, 0.25) is 0 Å². The molecule has 6 nitrogen and oxygen atoms in total. The normalized spacial score (nSPS) is 15.6. The van der Waals surface area contributed by atoms with E-state index in [1.165, 1.54) is 29.9 Å². The van der Waals surface area contributed by atoms with Gasteiger partial charge in [0.05, 0.1) is 17.5 Å². The molecular weight excluding hydrogens is 369 g/mol. The molecule has 26 heavy (non-hydrogen) atoms. The third-order valence-corrected chi connectivity index (χ3v) is 5.60. The Kier molecular flexibility index (Phi) is 4.82. The first kappa shape index (κ1) is 18.8. The van der Waals surface area contributed by atoms with Crippen LogP contribution in [0.1, 0.15) is 36.0 Å². The lowest BCUT2D eigenvalue weighted by Gasteiger charge is -2.16. The first-order valence-electron chi connectivity index (χ1n) is 8.11. The Morgan fingerprint density at radius 2 is 1.92 bits per heavy atom. The topological polar surface area (TPSA) is 68.1 Å². The maximum absolute atomic E-state index is 13.4. The van der Waals surface area contributed by atoms with Crippen molar-refractivity contribution in [2.75, 3.05) is 19.8 Å². The first-order chi connectivity index (χ1) is 12.1. The molecule has 1 aromatic heterocycles. The number of benzene rings is 1. The number of alkyl halides is 3. The van der Waals surface area contributed by atoms with Gasteiger partial charge in [0, 0.05) is 25.9 Å². The number of likely N-dealkylation sites (N-methyl/N-ethyl adjacent to an activating group) is 1. The van der Waals surface area contributed by atoms with Crippen molar-refractivity contribution < 1.29 is 21.6 Å². The van der Waals surface area contributed by atoms with Gasteiger partial charge in [-0.3, -0.25) is 0 Å². The van der Waals surface area contributed by atoms with Crippen molar-refractivity contribution in [3.8, 4) is 5.69 Å². The Hall–Kier alpha value is -1.94. The lowest BCUT2D eigenvalue weighted by atomic mass is 10.1. The zero-order valence-corrected chi connectivity index (χ0v) is 15.2. The highest BCUT2D eigenvalue weighted by Crippen LogP contribution is 2.39. The molecule has 142 valence electrons. The third kappa shape index (κ3) is 4.07. The minimum absolute atomic E-state index is 0.101. The van der Waals surface area contributed by atoms with Crippen molar-refractivity contribution in [3.63, 3.8) is 0 Å². The molecule has 0 spiro atoms. The summed E-state index contributed by atoms with van der Waals surface area (Å²) in [4.78, 5) is 4.39. The molecule has 1 saturated carbocycles. The molecule has 3 rings (SSSR count). The van der Waals surface area contributed by atoms with Crippen LogP contribution in [0.3, 0.4) is 0 Å². The second-order valence-electron chi connectivity index (χ2n) is 6.42. The van der Waals surface area contributed by atoms with Gasteiger partial charge in [-0.05, 0) is 25.0 Å². The van der Waals surface area contributed by atoms with Crippen LogP contribution in [-0.4, -0.2) is 47.3 Å². The molecule has 1 fully saturated rings. The fourth-order valence-corrected chi connectivity index (χ4v) is 2.98. The average molecular weight is 388 g/mol. The summed E-state index contributed by atoms with van der Waals surface area (Å²) in [5.74, 6) is 0.999. The molecule has 0 bridgehead atoms. The van der Waals surface area contributed by atoms with Crippen LogP contribution in [0.4, 0.5) is 13.2 Å². The van der Waals surface area contributed by atoms with E-state index in [-0.39, 0.29) is 24.6 Å². The van der Waals surface area contributed by atoms with E-state index in [9.17, 15) is 21.6 Å². The van der Waals surface area contributed by atoms with Gasteiger partial charge < -0.3 is 0 Å². The van der Waals surface area contributed by atoms with Crippen LogP contribution in [0.5, 0.6) is 0 Å². The summed E-state index contributed by atoms with van der Waals surface area (Å²) in [6.07, 6.45) is -1.47. The summed E-state index contributed by atoms with van der Waals surface area (Å²) in [5.41, 5.74) is -0.902. The second-order valence-corrected chi connectivity index (χ2v) is 8.51. The predicted molar refractivity (Wildman–Crippen MR) is 89.5 cm³/mol. The number of rotatable bonds is 6. The highest BCUT2D eigenvalue weighted by atomic mass is 32.2. The molecule has 2 aromatic rings. The highest BCUT2D eigenvalue weighted by Gasteiger charge is 2.35. The van der Waals surface area contributed by atoms with Crippen molar-refractivity contribution in [3.05, 3.63) is 41.5 Å². The van der Waals surface area contributed by atoms with Gasteiger partial charge in [0.25, 0.3) is 0 Å². The number of halogens is 3. The van der Waals surface area contributed by atoms with Gasteiger partial charge in [-0.1, -0.05) is 12.1 Å². The lowest BCUT2D eigenvalue weighted by molar-refractivity contribution is -0.137. The Labute approximate surface area is 149 Å². The maximum atomic E-state index is 13.4. The van der Waals surface area contributed by atoms with Crippen molar-refractivity contribution in [1.29, 1.82) is 0 Å². The smallest absolute Gasteiger partial charge is 0.217 e. The molecule has 0 saturated heterocycles. The van der Waals surface area contributed by atoms with E-state index in [2.05, 4.69) is 10.1 Å². The SMILES string of the molecule is CN(CCc1nc(C2CC2)nn1-c1ccccc1C(F)(F)F)S(C)(=O)=O. The van der Waals surface area contributed by atoms with E-state index in [0.717, 1.165) is 29.5 Å². The zero-order chi connectivity index (χ0) is 19.1. The zero-order valence-electron chi connectivity index (χ0n) is 14.4. The van der Waals surface area contributed by atoms with Gasteiger partial charge in [0.1, 0.15) is 5.82 Å². The van der Waals surface area contributed by atoms with Crippen molar-refractivity contribution in [2.24, 2.45) is 0 Å². The number of sulfonamides is 1. The molecule has 1 aliphatic rings. The molecule has 0 unspecified atom stereocenters. The summed E-state index contributed by atoms with van der Waals surface area (Å²) >= 11 is 0. The van der Waals surface area contributed by atoms with E-state index in [1.807, 2.05) is 0 Å². The Morgan fingerprint density at radius 3 is 2.50 bits per heavy atom. The van der Waals surface area contributed by atoms with Crippen molar-refractivity contribution in [2.45, 2.75) is 31.4 Å². The number of hydrogen-bond acceptors (Lipinski definition) is 4. The second kappa shape index (κ2) is 6.66. The summed E-state index contributed by atoms with van der Waals surface area (Å²) < 4.78 is 65.5. The summed E-state index contributed by atoms with van der Waals surface area (Å²) in [5, 5.41) is 4.29. The number of nitrogens with zero attached hydrogens (tertiary/aromatic N) is 4. The molecule has 10 heteroatoms. The Balaban J connectivity index is 1.99. The largest absolute Gasteiger partial charge is 0.418 e. The summed E-state index contributed by atoms with van der Waals surface area (Å²) in [6, 6.07) is 5.18. The molecule has 0 atom stereocenters. The van der Waals surface area contributed by atoms with E-state index in [1.54, 1.807) is 0 Å². The standard InChI is InChI=1S/C16H19F3N4O2S/c1-22(26(2,24)25)10-9-14-20-15(11-7-8-11)21-23(14)13-6-4-3-5-12(13)16(17,18)19/h3-6,11H,7-10H2,1-2H3. The average Bonchev–Trinajstić information content (AvgIpc) is 3.31. The van der Waals surface area contributed by atoms with Crippen LogP contribution in [-0.2, 0) is 22.6 Å². The molecule has 0 radical (unpaired) electrons. The molecular formula is C16H19F3N4O2S. The molecule has 0 amide bonds. The molecule has 1 heterocycles. The predicted octanol–water partition coefficient (Wildman–Crippen LogP) is 2.60. The van der Waals surface area contributed by atoms with Gasteiger partial charge in [0.15, 0.2) is 5.82 Å². The van der Waals surface area contributed by atoms with E-state index >= 15 is 0 Å². The van der Waals surface area contributed by atoms with Gasteiger partial charge in [-0.25, -0.2) is 22.4 Å².